The minimum atomic E-state index is -0.326. The Balaban J connectivity index is 3.82. The van der Waals surface area contributed by atoms with Crippen LogP contribution in [0, 0.1) is 5.92 Å². The molecule has 1 amide bonds. The normalized spacial score (nSPS) is 12.9. The van der Waals surface area contributed by atoms with Crippen molar-refractivity contribution in [2.24, 2.45) is 5.92 Å². The minimum absolute atomic E-state index is 0.0499. The van der Waals surface area contributed by atoms with Crippen molar-refractivity contribution in [1.82, 2.24) is 5.32 Å². The standard InChI is InChI=1S/C11H23NO3/c1-5-9(4)11(13)12-8-10(14-6-2)15-7-3/h9-10H,5-8H2,1-4H3,(H,12,13). The molecule has 15 heavy (non-hydrogen) atoms. The number of amides is 1. The highest BCUT2D eigenvalue weighted by Gasteiger charge is 2.13. The van der Waals surface area contributed by atoms with Crippen LogP contribution < -0.4 is 5.32 Å². The monoisotopic (exact) mass is 217 g/mol. The summed E-state index contributed by atoms with van der Waals surface area (Å²) in [5, 5.41) is 2.81. The van der Waals surface area contributed by atoms with E-state index in [1.54, 1.807) is 0 Å². The average Bonchev–Trinajstić information content (AvgIpc) is 2.25. The summed E-state index contributed by atoms with van der Waals surface area (Å²) in [5.41, 5.74) is 0. The van der Waals surface area contributed by atoms with Gasteiger partial charge in [-0.05, 0) is 20.3 Å². The summed E-state index contributed by atoms with van der Waals surface area (Å²) < 4.78 is 10.6. The van der Waals surface area contributed by atoms with Crippen LogP contribution >= 0.6 is 0 Å². The van der Waals surface area contributed by atoms with Crippen molar-refractivity contribution in [2.45, 2.75) is 40.4 Å². The number of nitrogens with one attached hydrogen (secondary N) is 1. The van der Waals surface area contributed by atoms with E-state index in [4.69, 9.17) is 9.47 Å². The molecule has 0 aromatic heterocycles. The fourth-order valence-corrected chi connectivity index (χ4v) is 1.08. The van der Waals surface area contributed by atoms with Crippen molar-refractivity contribution < 1.29 is 14.3 Å². The van der Waals surface area contributed by atoms with Gasteiger partial charge in [-0.1, -0.05) is 13.8 Å². The van der Waals surface area contributed by atoms with Gasteiger partial charge in [0.05, 0.1) is 6.54 Å². The lowest BCUT2D eigenvalue weighted by molar-refractivity contribution is -0.142. The molecule has 4 heteroatoms. The second kappa shape index (κ2) is 8.68. The van der Waals surface area contributed by atoms with E-state index in [0.29, 0.717) is 19.8 Å². The summed E-state index contributed by atoms with van der Waals surface area (Å²) >= 11 is 0. The highest BCUT2D eigenvalue weighted by atomic mass is 16.7. The average molecular weight is 217 g/mol. The Kier molecular flexibility index (Phi) is 8.33. The van der Waals surface area contributed by atoms with Crippen LogP contribution in [0.1, 0.15) is 34.1 Å². The number of hydrogen-bond acceptors (Lipinski definition) is 3. The molecular formula is C11H23NO3. The van der Waals surface area contributed by atoms with E-state index in [2.05, 4.69) is 5.32 Å². The van der Waals surface area contributed by atoms with Crippen LogP contribution in [0.3, 0.4) is 0 Å². The molecule has 0 aromatic carbocycles. The molecule has 4 nitrogen and oxygen atoms in total. The summed E-state index contributed by atoms with van der Waals surface area (Å²) in [6.45, 7) is 9.31. The maximum absolute atomic E-state index is 11.5. The predicted molar refractivity (Wildman–Crippen MR) is 59.5 cm³/mol. The second-order valence-corrected chi connectivity index (χ2v) is 3.39. The van der Waals surface area contributed by atoms with E-state index in [-0.39, 0.29) is 18.1 Å². The molecule has 0 heterocycles. The summed E-state index contributed by atoms with van der Waals surface area (Å²) in [6, 6.07) is 0. The quantitative estimate of drug-likeness (QED) is 0.627. The number of ether oxygens (including phenoxy) is 2. The third kappa shape index (κ3) is 6.47. The molecule has 0 aliphatic rings. The van der Waals surface area contributed by atoms with Gasteiger partial charge in [0.2, 0.25) is 5.91 Å². The van der Waals surface area contributed by atoms with Gasteiger partial charge in [-0.15, -0.1) is 0 Å². The first-order chi connectivity index (χ1) is 7.15. The lowest BCUT2D eigenvalue weighted by Gasteiger charge is -2.18. The van der Waals surface area contributed by atoms with Gasteiger partial charge in [-0.3, -0.25) is 4.79 Å². The van der Waals surface area contributed by atoms with E-state index in [9.17, 15) is 4.79 Å². The molecule has 0 aliphatic heterocycles. The van der Waals surface area contributed by atoms with Crippen LogP contribution in [0.4, 0.5) is 0 Å². The fraction of sp³-hybridized carbons (Fsp3) is 0.909. The van der Waals surface area contributed by atoms with Crippen molar-refractivity contribution >= 4 is 5.91 Å². The molecule has 1 atom stereocenters. The molecular weight excluding hydrogens is 194 g/mol. The van der Waals surface area contributed by atoms with Crippen molar-refractivity contribution in [1.29, 1.82) is 0 Å². The zero-order valence-corrected chi connectivity index (χ0v) is 10.2. The minimum Gasteiger partial charge on any atom is -0.351 e. The summed E-state index contributed by atoms with van der Waals surface area (Å²) in [6.07, 6.45) is 0.521. The van der Waals surface area contributed by atoms with E-state index in [1.165, 1.54) is 0 Å². The Morgan fingerprint density at radius 1 is 1.20 bits per heavy atom. The highest BCUT2D eigenvalue weighted by molar-refractivity contribution is 5.78. The number of hydrogen-bond donors (Lipinski definition) is 1. The van der Waals surface area contributed by atoms with Gasteiger partial charge in [0.25, 0.3) is 0 Å². The lowest BCUT2D eigenvalue weighted by Crippen LogP contribution is -2.37. The highest BCUT2D eigenvalue weighted by Crippen LogP contribution is 2.00. The predicted octanol–water partition coefficient (Wildman–Crippen LogP) is 1.55. The molecule has 0 fully saturated rings. The third-order valence-electron chi connectivity index (χ3n) is 2.21. The molecule has 0 saturated heterocycles. The summed E-state index contributed by atoms with van der Waals surface area (Å²) in [4.78, 5) is 11.5. The van der Waals surface area contributed by atoms with Crippen LogP contribution in [0.25, 0.3) is 0 Å². The van der Waals surface area contributed by atoms with Crippen LogP contribution in [0.2, 0.25) is 0 Å². The van der Waals surface area contributed by atoms with Gasteiger partial charge in [-0.25, -0.2) is 0 Å². The van der Waals surface area contributed by atoms with Crippen LogP contribution in [0.15, 0.2) is 0 Å². The van der Waals surface area contributed by atoms with Gasteiger partial charge in [0.15, 0.2) is 6.29 Å². The Morgan fingerprint density at radius 2 is 1.73 bits per heavy atom. The van der Waals surface area contributed by atoms with Gasteiger partial charge < -0.3 is 14.8 Å². The SMILES string of the molecule is CCOC(CNC(=O)C(C)CC)OCC. The molecule has 1 N–H and O–H groups in total. The zero-order valence-electron chi connectivity index (χ0n) is 10.2. The number of rotatable bonds is 8. The van der Waals surface area contributed by atoms with Gasteiger partial charge >= 0.3 is 0 Å². The molecule has 0 radical (unpaired) electrons. The molecule has 0 saturated carbocycles. The fourth-order valence-electron chi connectivity index (χ4n) is 1.08. The van der Waals surface area contributed by atoms with Gasteiger partial charge in [0, 0.05) is 19.1 Å². The molecule has 0 spiro atoms. The molecule has 0 rings (SSSR count). The van der Waals surface area contributed by atoms with Crippen molar-refractivity contribution in [3.05, 3.63) is 0 Å². The van der Waals surface area contributed by atoms with Gasteiger partial charge in [-0.2, -0.15) is 0 Å². The zero-order chi connectivity index (χ0) is 11.7. The third-order valence-corrected chi connectivity index (χ3v) is 2.21. The molecule has 0 aromatic rings. The van der Waals surface area contributed by atoms with Crippen molar-refractivity contribution in [3.63, 3.8) is 0 Å². The first kappa shape index (κ1) is 14.4. The van der Waals surface area contributed by atoms with E-state index in [1.807, 2.05) is 27.7 Å². The van der Waals surface area contributed by atoms with Crippen molar-refractivity contribution in [3.8, 4) is 0 Å². The largest absolute Gasteiger partial charge is 0.351 e. The Labute approximate surface area is 92.3 Å². The molecule has 0 aliphatic carbocycles. The van der Waals surface area contributed by atoms with Crippen LogP contribution in [-0.4, -0.2) is 32.0 Å². The van der Waals surface area contributed by atoms with E-state index >= 15 is 0 Å². The van der Waals surface area contributed by atoms with E-state index in [0.717, 1.165) is 6.42 Å². The van der Waals surface area contributed by atoms with Gasteiger partial charge in [0.1, 0.15) is 0 Å². The lowest BCUT2D eigenvalue weighted by atomic mass is 10.1. The molecule has 0 bridgehead atoms. The van der Waals surface area contributed by atoms with Crippen molar-refractivity contribution in [2.75, 3.05) is 19.8 Å². The molecule has 1 unspecified atom stereocenters. The Bertz CT molecular complexity index is 167. The smallest absolute Gasteiger partial charge is 0.222 e. The summed E-state index contributed by atoms with van der Waals surface area (Å²) in [7, 11) is 0. The first-order valence-corrected chi connectivity index (χ1v) is 5.66. The topological polar surface area (TPSA) is 47.6 Å². The summed E-state index contributed by atoms with van der Waals surface area (Å²) in [5.74, 6) is 0.107. The maximum Gasteiger partial charge on any atom is 0.222 e. The van der Waals surface area contributed by atoms with E-state index < -0.39 is 0 Å². The number of carbonyl (C=O) groups is 1. The Morgan fingerprint density at radius 3 is 2.13 bits per heavy atom. The van der Waals surface area contributed by atoms with Crippen LogP contribution in [-0.2, 0) is 14.3 Å². The maximum atomic E-state index is 11.5. The first-order valence-electron chi connectivity index (χ1n) is 5.66. The van der Waals surface area contributed by atoms with Crippen LogP contribution in [0.5, 0.6) is 0 Å². The molecule has 90 valence electrons. The number of carbonyl (C=O) groups excluding carboxylic acids is 1. The second-order valence-electron chi connectivity index (χ2n) is 3.39. The Hall–Kier alpha value is -0.610.